The fraction of sp³-hybridized carbons (Fsp3) is 0.148. The van der Waals surface area contributed by atoms with Gasteiger partial charge in [-0.15, -0.1) is 0 Å². The fourth-order valence-corrected chi connectivity index (χ4v) is 3.24. The van der Waals surface area contributed by atoms with Gasteiger partial charge in [-0.1, -0.05) is 66.8 Å². The van der Waals surface area contributed by atoms with Gasteiger partial charge in [0.2, 0.25) is 0 Å². The Hall–Kier alpha value is -3.59. The topological polar surface area (TPSA) is 36.4 Å². The molecule has 0 fully saturated rings. The van der Waals surface area contributed by atoms with Crippen molar-refractivity contribution < 1.29 is 0 Å². The molecule has 30 heavy (non-hydrogen) atoms. The molecule has 0 spiro atoms. The Bertz CT molecular complexity index is 1080. The lowest BCUT2D eigenvalue weighted by Crippen LogP contribution is -2.05. The molecule has 3 rings (SSSR count). The first-order valence-electron chi connectivity index (χ1n) is 10.1. The van der Waals surface area contributed by atoms with Crippen molar-refractivity contribution in [3.8, 4) is 0 Å². The number of hydrazone groups is 1. The molecular weight excluding hydrogens is 366 g/mol. The molecule has 0 bridgehead atoms. The van der Waals surface area contributed by atoms with E-state index in [9.17, 15) is 0 Å². The predicted molar refractivity (Wildman–Crippen MR) is 131 cm³/mol. The third-order valence-corrected chi connectivity index (χ3v) is 4.97. The molecule has 3 aromatic carbocycles. The van der Waals surface area contributed by atoms with Crippen molar-refractivity contribution in [1.29, 1.82) is 0 Å². The summed E-state index contributed by atoms with van der Waals surface area (Å²) in [5.74, 6) is 0. The van der Waals surface area contributed by atoms with E-state index in [4.69, 9.17) is 0 Å². The minimum atomic E-state index is 0.878. The normalized spacial score (nSPS) is 11.1. The molecule has 0 saturated carbocycles. The third-order valence-electron chi connectivity index (χ3n) is 4.97. The van der Waals surface area contributed by atoms with E-state index in [1.54, 1.807) is 6.20 Å². The number of benzene rings is 3. The molecule has 0 saturated heterocycles. The van der Waals surface area contributed by atoms with Crippen LogP contribution in [0.3, 0.4) is 0 Å². The summed E-state index contributed by atoms with van der Waals surface area (Å²) in [5, 5.41) is 7.85. The zero-order valence-corrected chi connectivity index (χ0v) is 18.0. The summed E-state index contributed by atoms with van der Waals surface area (Å²) < 4.78 is 0. The number of hydrogen-bond donors (Lipinski definition) is 2. The highest BCUT2D eigenvalue weighted by molar-refractivity contribution is 6.04. The van der Waals surface area contributed by atoms with Gasteiger partial charge in [0.25, 0.3) is 0 Å². The molecule has 152 valence electrons. The molecule has 0 atom stereocenters. The molecule has 2 N–H and O–H groups in total. The van der Waals surface area contributed by atoms with Crippen molar-refractivity contribution in [2.45, 2.75) is 27.2 Å². The molecule has 3 heteroatoms. The first kappa shape index (κ1) is 21.1. The number of nitrogens with zero attached hydrogens (tertiary/aromatic N) is 1. The van der Waals surface area contributed by atoms with Crippen LogP contribution in [0.1, 0.15) is 41.7 Å². The average molecular weight is 396 g/mol. The van der Waals surface area contributed by atoms with Crippen LogP contribution in [0.4, 0.5) is 11.4 Å². The van der Waals surface area contributed by atoms with Gasteiger partial charge in [-0.05, 0) is 74.3 Å². The highest BCUT2D eigenvalue weighted by Gasteiger charge is 2.08. The number of rotatable bonds is 8. The van der Waals surface area contributed by atoms with Gasteiger partial charge in [-0.2, -0.15) is 5.10 Å². The Morgan fingerprint density at radius 3 is 2.40 bits per heavy atom. The lowest BCUT2D eigenvalue weighted by molar-refractivity contribution is 1.18. The van der Waals surface area contributed by atoms with Crippen molar-refractivity contribution >= 4 is 22.7 Å². The Kier molecular flexibility index (Phi) is 6.87. The molecule has 0 amide bonds. The third kappa shape index (κ3) is 5.48. The summed E-state index contributed by atoms with van der Waals surface area (Å²) in [5.41, 5.74) is 13.0. The van der Waals surface area contributed by atoms with Crippen LogP contribution in [0.25, 0.3) is 5.57 Å². The molecule has 3 nitrogen and oxygen atoms in total. The first-order valence-corrected chi connectivity index (χ1v) is 10.1. The first-order chi connectivity index (χ1) is 14.5. The molecule has 0 radical (unpaired) electrons. The Morgan fingerprint density at radius 2 is 1.70 bits per heavy atom. The van der Waals surface area contributed by atoms with E-state index in [-0.39, 0.29) is 0 Å². The van der Waals surface area contributed by atoms with Crippen LogP contribution in [0, 0.1) is 6.92 Å². The predicted octanol–water partition coefficient (Wildman–Crippen LogP) is 7.01. The summed E-state index contributed by atoms with van der Waals surface area (Å²) in [6, 6.07) is 23.2. The van der Waals surface area contributed by atoms with Gasteiger partial charge >= 0.3 is 0 Å². The van der Waals surface area contributed by atoms with Gasteiger partial charge in [-0.3, -0.25) is 5.43 Å². The fourth-order valence-electron chi connectivity index (χ4n) is 3.24. The lowest BCUT2D eigenvalue weighted by atomic mass is 9.99. The molecular formula is C27H29N3. The van der Waals surface area contributed by atoms with Crippen molar-refractivity contribution in [3.05, 3.63) is 114 Å². The summed E-state index contributed by atoms with van der Waals surface area (Å²) in [6.07, 6.45) is 2.57. The van der Waals surface area contributed by atoms with E-state index in [2.05, 4.69) is 84.5 Å². The minimum Gasteiger partial charge on any atom is -0.362 e. The van der Waals surface area contributed by atoms with Crippen molar-refractivity contribution in [2.24, 2.45) is 5.10 Å². The maximum absolute atomic E-state index is 4.63. The van der Waals surface area contributed by atoms with Gasteiger partial charge in [-0.25, -0.2) is 0 Å². The quantitative estimate of drug-likeness (QED) is 0.318. The Labute approximate surface area is 179 Å². The van der Waals surface area contributed by atoms with E-state index in [1.807, 2.05) is 32.0 Å². The number of aryl methyl sites for hydroxylation is 1. The van der Waals surface area contributed by atoms with Crippen molar-refractivity contribution in [2.75, 3.05) is 10.7 Å². The molecule has 0 aliphatic heterocycles. The second-order valence-electron chi connectivity index (χ2n) is 7.56. The zero-order valence-electron chi connectivity index (χ0n) is 18.0. The number of hydrogen-bond acceptors (Lipinski definition) is 3. The SMILES string of the molecule is C=CNc1ccc(Cc2ccc(C)cc2)cc1/C(C)=N/Nc1cccc(C(=C)C)c1. The Balaban J connectivity index is 1.86. The van der Waals surface area contributed by atoms with Crippen LogP contribution < -0.4 is 10.7 Å². The molecule has 0 heterocycles. The summed E-state index contributed by atoms with van der Waals surface area (Å²) >= 11 is 0. The Morgan fingerprint density at radius 1 is 0.967 bits per heavy atom. The number of anilines is 2. The molecule has 0 aliphatic rings. The van der Waals surface area contributed by atoms with Crippen molar-refractivity contribution in [1.82, 2.24) is 0 Å². The summed E-state index contributed by atoms with van der Waals surface area (Å²) in [7, 11) is 0. The van der Waals surface area contributed by atoms with Crippen LogP contribution in [0.15, 0.2) is 91.2 Å². The number of nitrogens with one attached hydrogen (secondary N) is 2. The summed E-state index contributed by atoms with van der Waals surface area (Å²) in [6.45, 7) is 13.9. The maximum Gasteiger partial charge on any atom is 0.0669 e. The van der Waals surface area contributed by atoms with Gasteiger partial charge < -0.3 is 5.32 Å². The van der Waals surface area contributed by atoms with Crippen molar-refractivity contribution in [3.63, 3.8) is 0 Å². The van der Waals surface area contributed by atoms with Crippen LogP contribution in [0.2, 0.25) is 0 Å². The molecule has 0 aliphatic carbocycles. The van der Waals surface area contributed by atoms with E-state index in [0.717, 1.165) is 40.2 Å². The minimum absolute atomic E-state index is 0.878. The van der Waals surface area contributed by atoms with Crippen LogP contribution in [-0.4, -0.2) is 5.71 Å². The lowest BCUT2D eigenvalue weighted by Gasteiger charge is -2.13. The summed E-state index contributed by atoms with van der Waals surface area (Å²) in [4.78, 5) is 0. The van der Waals surface area contributed by atoms with E-state index < -0.39 is 0 Å². The van der Waals surface area contributed by atoms with Gasteiger partial charge in [0.05, 0.1) is 11.4 Å². The van der Waals surface area contributed by atoms with Gasteiger partial charge in [0.1, 0.15) is 0 Å². The van der Waals surface area contributed by atoms with E-state index >= 15 is 0 Å². The average Bonchev–Trinajstić information content (AvgIpc) is 2.75. The maximum atomic E-state index is 4.63. The molecule has 0 aromatic heterocycles. The highest BCUT2D eigenvalue weighted by Crippen LogP contribution is 2.22. The largest absolute Gasteiger partial charge is 0.362 e. The van der Waals surface area contributed by atoms with Crippen LogP contribution in [-0.2, 0) is 6.42 Å². The zero-order chi connectivity index (χ0) is 21.5. The van der Waals surface area contributed by atoms with Gasteiger partial charge in [0, 0.05) is 11.3 Å². The second-order valence-corrected chi connectivity index (χ2v) is 7.56. The van der Waals surface area contributed by atoms with E-state index in [0.29, 0.717) is 0 Å². The second kappa shape index (κ2) is 9.75. The highest BCUT2D eigenvalue weighted by atomic mass is 15.3. The standard InChI is InChI=1S/C27H29N3/c1-6-28-27-15-14-23(16-22-12-10-20(4)11-13-22)17-26(27)21(5)29-30-25-9-7-8-24(18-25)19(2)3/h6-15,17-18,28,30H,1-2,16H2,3-5H3/b29-21+. The van der Waals surface area contributed by atoms with Gasteiger partial charge in [0.15, 0.2) is 0 Å². The monoisotopic (exact) mass is 395 g/mol. The molecule has 3 aromatic rings. The molecule has 0 unspecified atom stereocenters. The number of allylic oxidation sites excluding steroid dienone is 1. The van der Waals surface area contributed by atoms with E-state index in [1.165, 1.54) is 16.7 Å². The van der Waals surface area contributed by atoms with Crippen LogP contribution in [0.5, 0.6) is 0 Å². The van der Waals surface area contributed by atoms with Crippen LogP contribution >= 0.6 is 0 Å². The smallest absolute Gasteiger partial charge is 0.0669 e.